The molecule has 25 heavy (non-hydrogen) atoms. The number of hydrogen-bond donors (Lipinski definition) is 1. The smallest absolute Gasteiger partial charge is 0.344 e. The second-order valence-electron chi connectivity index (χ2n) is 5.83. The Kier molecular flexibility index (Phi) is 5.19. The molecule has 128 valence electrons. The molecule has 5 heteroatoms. The summed E-state index contributed by atoms with van der Waals surface area (Å²) in [6, 6.07) is 14.2. The largest absolute Gasteiger partial charge is 0.422 e. The number of halogens is 1. The Morgan fingerprint density at radius 1 is 1.12 bits per heavy atom. The number of carbonyl (C=O) groups is 1. The van der Waals surface area contributed by atoms with Gasteiger partial charge >= 0.3 is 5.63 Å². The highest BCUT2D eigenvalue weighted by molar-refractivity contribution is 6.33. The van der Waals surface area contributed by atoms with Gasteiger partial charge in [-0.2, -0.15) is 0 Å². The van der Waals surface area contributed by atoms with Crippen molar-refractivity contribution in [2.24, 2.45) is 0 Å². The van der Waals surface area contributed by atoms with Crippen molar-refractivity contribution in [2.45, 2.75) is 26.2 Å². The topological polar surface area (TPSA) is 59.3 Å². The Bertz CT molecular complexity index is 978. The molecular formula is C20H18ClNO3. The zero-order valence-corrected chi connectivity index (χ0v) is 14.6. The van der Waals surface area contributed by atoms with Gasteiger partial charge in [0, 0.05) is 23.1 Å². The number of nitrogens with one attached hydrogen (secondary N) is 1. The normalized spacial score (nSPS) is 10.8. The summed E-state index contributed by atoms with van der Waals surface area (Å²) in [5, 5.41) is 4.02. The van der Waals surface area contributed by atoms with Gasteiger partial charge in [0.2, 0.25) is 5.91 Å². The first kappa shape index (κ1) is 17.2. The van der Waals surface area contributed by atoms with E-state index in [1.54, 1.807) is 30.3 Å². The minimum atomic E-state index is -0.444. The van der Waals surface area contributed by atoms with Gasteiger partial charge in [0.15, 0.2) is 0 Å². The molecule has 1 aromatic heterocycles. The monoisotopic (exact) mass is 355 g/mol. The van der Waals surface area contributed by atoms with Gasteiger partial charge in [0.1, 0.15) is 5.58 Å². The maximum atomic E-state index is 12.3. The average molecular weight is 356 g/mol. The fourth-order valence-electron chi connectivity index (χ4n) is 2.62. The van der Waals surface area contributed by atoms with Crippen LogP contribution in [0.5, 0.6) is 0 Å². The Balaban J connectivity index is 1.92. The average Bonchev–Trinajstić information content (AvgIpc) is 2.60. The number of rotatable bonds is 5. The lowest BCUT2D eigenvalue weighted by Crippen LogP contribution is -2.11. The third-order valence-corrected chi connectivity index (χ3v) is 4.25. The minimum absolute atomic E-state index is 0.0455. The Morgan fingerprint density at radius 3 is 2.68 bits per heavy atom. The molecule has 0 atom stereocenters. The van der Waals surface area contributed by atoms with Crippen LogP contribution in [0.3, 0.4) is 0 Å². The van der Waals surface area contributed by atoms with Crippen LogP contribution in [-0.2, 0) is 4.79 Å². The zero-order chi connectivity index (χ0) is 17.8. The van der Waals surface area contributed by atoms with Crippen LogP contribution in [0.2, 0.25) is 5.02 Å². The van der Waals surface area contributed by atoms with Gasteiger partial charge in [0.25, 0.3) is 0 Å². The van der Waals surface area contributed by atoms with Crippen LogP contribution in [0, 0.1) is 0 Å². The van der Waals surface area contributed by atoms with Crippen molar-refractivity contribution in [1.29, 1.82) is 0 Å². The van der Waals surface area contributed by atoms with Gasteiger partial charge in [-0.25, -0.2) is 4.79 Å². The van der Waals surface area contributed by atoms with Crippen molar-refractivity contribution in [3.8, 4) is 11.1 Å². The molecule has 0 unspecified atom stereocenters. The Labute approximate surface area is 150 Å². The first-order chi connectivity index (χ1) is 12.1. The van der Waals surface area contributed by atoms with E-state index in [1.165, 1.54) is 0 Å². The molecule has 0 fully saturated rings. The molecule has 2 aromatic carbocycles. The van der Waals surface area contributed by atoms with Gasteiger partial charge in [0.05, 0.1) is 10.6 Å². The predicted octanol–water partition coefficient (Wildman–Crippen LogP) is 5.24. The molecule has 3 rings (SSSR count). The highest BCUT2D eigenvalue weighted by Crippen LogP contribution is 2.30. The molecule has 0 spiro atoms. The molecule has 1 N–H and O–H groups in total. The number of hydrogen-bond acceptors (Lipinski definition) is 3. The molecule has 0 aliphatic rings. The number of fused-ring (bicyclic) bond motifs is 1. The Hall–Kier alpha value is -2.59. The van der Waals surface area contributed by atoms with E-state index >= 15 is 0 Å². The highest BCUT2D eigenvalue weighted by Gasteiger charge is 2.12. The van der Waals surface area contributed by atoms with Crippen LogP contribution in [0.25, 0.3) is 22.1 Å². The maximum absolute atomic E-state index is 12.3. The van der Waals surface area contributed by atoms with Crippen LogP contribution in [-0.4, -0.2) is 5.91 Å². The third-order valence-electron chi connectivity index (χ3n) is 3.94. The van der Waals surface area contributed by atoms with Crippen LogP contribution >= 0.6 is 11.6 Å². The molecule has 0 saturated heterocycles. The summed E-state index contributed by atoms with van der Waals surface area (Å²) >= 11 is 6.34. The quantitative estimate of drug-likeness (QED) is 0.636. The molecule has 0 radical (unpaired) electrons. The van der Waals surface area contributed by atoms with Crippen molar-refractivity contribution in [3.63, 3.8) is 0 Å². The number of benzene rings is 2. The van der Waals surface area contributed by atoms with E-state index in [-0.39, 0.29) is 5.91 Å². The molecular weight excluding hydrogens is 338 g/mol. The molecule has 0 aliphatic heterocycles. The fourth-order valence-corrected chi connectivity index (χ4v) is 2.90. The first-order valence-electron chi connectivity index (χ1n) is 8.21. The summed E-state index contributed by atoms with van der Waals surface area (Å²) in [6.45, 7) is 2.04. The van der Waals surface area contributed by atoms with Gasteiger partial charge in [-0.1, -0.05) is 49.2 Å². The number of carbonyl (C=O) groups excluding carboxylic acids is 1. The number of amides is 1. The summed E-state index contributed by atoms with van der Waals surface area (Å²) < 4.78 is 5.36. The van der Waals surface area contributed by atoms with Crippen molar-refractivity contribution in [1.82, 2.24) is 0 Å². The van der Waals surface area contributed by atoms with E-state index in [9.17, 15) is 9.59 Å². The van der Waals surface area contributed by atoms with E-state index in [4.69, 9.17) is 16.0 Å². The molecule has 3 aromatic rings. The van der Waals surface area contributed by atoms with E-state index in [0.717, 1.165) is 18.2 Å². The van der Waals surface area contributed by atoms with Gasteiger partial charge in [-0.15, -0.1) is 0 Å². The van der Waals surface area contributed by atoms with Gasteiger partial charge < -0.3 is 9.73 Å². The molecule has 0 saturated carbocycles. The Morgan fingerprint density at radius 2 is 1.92 bits per heavy atom. The van der Waals surface area contributed by atoms with E-state index in [1.807, 2.05) is 25.1 Å². The summed E-state index contributed by atoms with van der Waals surface area (Å²) in [4.78, 5) is 24.1. The second-order valence-corrected chi connectivity index (χ2v) is 6.24. The van der Waals surface area contributed by atoms with Crippen LogP contribution in [0.1, 0.15) is 26.2 Å². The van der Waals surface area contributed by atoms with E-state index < -0.39 is 5.63 Å². The fraction of sp³-hybridized carbons (Fsp3) is 0.200. The van der Waals surface area contributed by atoms with Crippen molar-refractivity contribution >= 4 is 34.2 Å². The maximum Gasteiger partial charge on any atom is 0.344 e. The molecule has 0 aliphatic carbocycles. The molecule has 1 heterocycles. The summed E-state index contributed by atoms with van der Waals surface area (Å²) in [6.07, 6.45) is 2.28. The van der Waals surface area contributed by atoms with Crippen molar-refractivity contribution in [3.05, 3.63) is 64.0 Å². The van der Waals surface area contributed by atoms with Crippen LogP contribution in [0.15, 0.2) is 57.7 Å². The molecule has 0 bridgehead atoms. The molecule has 1 amide bonds. The number of unbranched alkanes of at least 4 members (excludes halogenated alkanes) is 1. The van der Waals surface area contributed by atoms with E-state index in [2.05, 4.69) is 5.32 Å². The number of para-hydroxylation sites is 1. The molecule has 4 nitrogen and oxygen atoms in total. The van der Waals surface area contributed by atoms with Crippen LogP contribution in [0.4, 0.5) is 5.69 Å². The second kappa shape index (κ2) is 7.53. The van der Waals surface area contributed by atoms with Crippen molar-refractivity contribution in [2.75, 3.05) is 5.32 Å². The summed E-state index contributed by atoms with van der Waals surface area (Å²) in [5.41, 5.74) is 1.67. The lowest BCUT2D eigenvalue weighted by Gasteiger charge is -2.09. The lowest BCUT2D eigenvalue weighted by molar-refractivity contribution is -0.116. The van der Waals surface area contributed by atoms with Crippen LogP contribution < -0.4 is 10.9 Å². The predicted molar refractivity (Wildman–Crippen MR) is 101 cm³/mol. The highest BCUT2D eigenvalue weighted by atomic mass is 35.5. The zero-order valence-electron chi connectivity index (χ0n) is 13.8. The number of anilines is 1. The van der Waals surface area contributed by atoms with Crippen molar-refractivity contribution < 1.29 is 9.21 Å². The minimum Gasteiger partial charge on any atom is -0.422 e. The lowest BCUT2D eigenvalue weighted by atomic mass is 10.1. The summed E-state index contributed by atoms with van der Waals surface area (Å²) in [5.74, 6) is -0.0455. The van der Waals surface area contributed by atoms with E-state index in [0.29, 0.717) is 33.8 Å². The summed E-state index contributed by atoms with van der Waals surface area (Å²) in [7, 11) is 0. The standard InChI is InChI=1S/C20H18ClNO3/c1-2-3-8-19(23)22-14-9-10-15(17(21)12-14)16-11-13-6-4-5-7-18(13)25-20(16)24/h4-7,9-12H,2-3,8H2,1H3,(H,22,23). The van der Waals surface area contributed by atoms with Gasteiger partial charge in [-0.3, -0.25) is 4.79 Å². The SMILES string of the molecule is CCCCC(=O)Nc1ccc(-c2cc3ccccc3oc2=O)c(Cl)c1. The van der Waals surface area contributed by atoms with Gasteiger partial charge in [-0.05, 0) is 30.7 Å². The third kappa shape index (κ3) is 3.91. The first-order valence-corrected chi connectivity index (χ1v) is 8.59.